The molecule has 2 saturated heterocycles. The van der Waals surface area contributed by atoms with Gasteiger partial charge in [0.1, 0.15) is 11.6 Å². The van der Waals surface area contributed by atoms with Gasteiger partial charge in [0.05, 0.1) is 18.2 Å². The van der Waals surface area contributed by atoms with Crippen LogP contribution in [-0.2, 0) is 10.2 Å². The van der Waals surface area contributed by atoms with Gasteiger partial charge in [0.2, 0.25) is 5.95 Å². The molecule has 2 fully saturated rings. The Morgan fingerprint density at radius 2 is 1.91 bits per heavy atom. The fourth-order valence-electron chi connectivity index (χ4n) is 5.83. The Morgan fingerprint density at radius 1 is 1.09 bits per heavy atom. The van der Waals surface area contributed by atoms with Gasteiger partial charge in [-0.05, 0) is 75.9 Å². The third-order valence-electron chi connectivity index (χ3n) is 7.93. The standard InChI is InChI=1S/C28H34N6O/c1-18-6-5-7-24(31-18)34-23-14-27(2,3)35-17-28(23,4)22-16-30-26(33-25(22)34)32-21-10-8-19(9-11-21)20-12-13-29-15-20/h5-11,16,20,23,29H,12-15,17H2,1-4H3,(H,30,32,33)/t20-,23-,28-/m0/s1. The van der Waals surface area contributed by atoms with Gasteiger partial charge < -0.3 is 20.3 Å². The first-order valence-corrected chi connectivity index (χ1v) is 12.6. The van der Waals surface area contributed by atoms with Crippen molar-refractivity contribution in [2.24, 2.45) is 0 Å². The summed E-state index contributed by atoms with van der Waals surface area (Å²) in [7, 11) is 0. The van der Waals surface area contributed by atoms with Crippen molar-refractivity contribution >= 4 is 23.3 Å². The number of benzene rings is 1. The summed E-state index contributed by atoms with van der Waals surface area (Å²) in [6, 6.07) is 15.1. The number of hydrogen-bond acceptors (Lipinski definition) is 7. The van der Waals surface area contributed by atoms with E-state index in [0.717, 1.165) is 48.1 Å². The summed E-state index contributed by atoms with van der Waals surface area (Å²) in [5.74, 6) is 3.05. The maximum absolute atomic E-state index is 6.30. The molecule has 3 atom stereocenters. The molecule has 1 aromatic carbocycles. The molecule has 0 unspecified atom stereocenters. The monoisotopic (exact) mass is 470 g/mol. The van der Waals surface area contributed by atoms with Crippen molar-refractivity contribution in [1.29, 1.82) is 0 Å². The van der Waals surface area contributed by atoms with Gasteiger partial charge in [-0.25, -0.2) is 9.97 Å². The summed E-state index contributed by atoms with van der Waals surface area (Å²) < 4.78 is 6.30. The van der Waals surface area contributed by atoms with Gasteiger partial charge in [-0.1, -0.05) is 25.1 Å². The minimum Gasteiger partial charge on any atom is -0.374 e. The first-order chi connectivity index (χ1) is 16.8. The van der Waals surface area contributed by atoms with Crippen LogP contribution in [-0.4, -0.2) is 46.3 Å². The minimum atomic E-state index is -0.209. The van der Waals surface area contributed by atoms with Crippen molar-refractivity contribution in [3.8, 4) is 0 Å². The Bertz CT molecular complexity index is 1240. The molecule has 0 radical (unpaired) electrons. The Kier molecular flexibility index (Phi) is 5.31. The number of nitrogens with zero attached hydrogens (tertiary/aromatic N) is 4. The molecule has 2 aromatic heterocycles. The zero-order chi connectivity index (χ0) is 24.2. The molecule has 35 heavy (non-hydrogen) atoms. The lowest BCUT2D eigenvalue weighted by atomic mass is 9.73. The summed E-state index contributed by atoms with van der Waals surface area (Å²) in [6.07, 6.45) is 4.06. The largest absolute Gasteiger partial charge is 0.374 e. The number of rotatable bonds is 4. The number of hydrogen-bond donors (Lipinski definition) is 2. The normalized spacial score (nSPS) is 26.9. The quantitative estimate of drug-likeness (QED) is 0.557. The fourth-order valence-corrected chi connectivity index (χ4v) is 5.83. The molecule has 182 valence electrons. The molecule has 3 aromatic rings. The van der Waals surface area contributed by atoms with E-state index in [-0.39, 0.29) is 17.1 Å². The second-order valence-electron chi connectivity index (χ2n) is 11.1. The van der Waals surface area contributed by atoms with Crippen molar-refractivity contribution in [2.75, 3.05) is 29.9 Å². The predicted molar refractivity (Wildman–Crippen MR) is 139 cm³/mol. The molecule has 0 spiro atoms. The number of aryl methyl sites for hydroxylation is 1. The summed E-state index contributed by atoms with van der Waals surface area (Å²) >= 11 is 0. The van der Waals surface area contributed by atoms with E-state index in [1.165, 1.54) is 12.0 Å². The first kappa shape index (κ1) is 22.4. The van der Waals surface area contributed by atoms with Crippen molar-refractivity contribution in [2.45, 2.75) is 63.5 Å². The van der Waals surface area contributed by atoms with Crippen LogP contribution in [0.3, 0.4) is 0 Å². The molecule has 3 aliphatic heterocycles. The van der Waals surface area contributed by atoms with Crippen LogP contribution in [0, 0.1) is 6.92 Å². The summed E-state index contributed by atoms with van der Waals surface area (Å²) in [5, 5.41) is 6.87. The smallest absolute Gasteiger partial charge is 0.229 e. The minimum absolute atomic E-state index is 0.194. The number of fused-ring (bicyclic) bond motifs is 3. The van der Waals surface area contributed by atoms with Crippen molar-refractivity contribution < 1.29 is 4.74 Å². The van der Waals surface area contributed by atoms with Crippen LogP contribution in [0.25, 0.3) is 0 Å². The van der Waals surface area contributed by atoms with E-state index >= 15 is 0 Å². The predicted octanol–water partition coefficient (Wildman–Crippen LogP) is 4.98. The lowest BCUT2D eigenvalue weighted by molar-refractivity contribution is -0.0893. The maximum Gasteiger partial charge on any atom is 0.229 e. The second kappa shape index (κ2) is 8.28. The van der Waals surface area contributed by atoms with E-state index in [2.05, 4.69) is 72.7 Å². The van der Waals surface area contributed by atoms with Crippen LogP contribution in [0.4, 0.5) is 23.3 Å². The molecular weight excluding hydrogens is 436 g/mol. The molecule has 5 heterocycles. The number of anilines is 4. The molecule has 2 N–H and O–H groups in total. The van der Waals surface area contributed by atoms with Gasteiger partial charge in [0.15, 0.2) is 0 Å². The second-order valence-corrected chi connectivity index (χ2v) is 11.1. The van der Waals surface area contributed by atoms with Crippen LogP contribution in [0.5, 0.6) is 0 Å². The average molecular weight is 471 g/mol. The van der Waals surface area contributed by atoms with Crippen LogP contribution in [0.2, 0.25) is 0 Å². The van der Waals surface area contributed by atoms with Gasteiger partial charge in [0, 0.05) is 35.1 Å². The van der Waals surface area contributed by atoms with Gasteiger partial charge >= 0.3 is 0 Å². The number of aromatic nitrogens is 3. The van der Waals surface area contributed by atoms with Crippen molar-refractivity contribution in [1.82, 2.24) is 20.3 Å². The van der Waals surface area contributed by atoms with Gasteiger partial charge in [-0.15, -0.1) is 0 Å². The van der Waals surface area contributed by atoms with Crippen molar-refractivity contribution in [3.05, 3.63) is 65.5 Å². The lowest BCUT2D eigenvalue weighted by Gasteiger charge is -2.46. The molecule has 3 aliphatic rings. The Morgan fingerprint density at radius 3 is 2.66 bits per heavy atom. The van der Waals surface area contributed by atoms with E-state index < -0.39 is 0 Å². The molecule has 0 aliphatic carbocycles. The van der Waals surface area contributed by atoms with E-state index in [9.17, 15) is 0 Å². The lowest BCUT2D eigenvalue weighted by Crippen LogP contribution is -2.54. The van der Waals surface area contributed by atoms with Crippen LogP contribution in [0.15, 0.2) is 48.7 Å². The molecule has 7 nitrogen and oxygen atoms in total. The third kappa shape index (κ3) is 3.96. The van der Waals surface area contributed by atoms with Gasteiger partial charge in [-0.3, -0.25) is 0 Å². The highest BCUT2D eigenvalue weighted by Crippen LogP contribution is 2.52. The van der Waals surface area contributed by atoms with Gasteiger partial charge in [-0.2, -0.15) is 4.98 Å². The Balaban J connectivity index is 1.35. The number of nitrogens with one attached hydrogen (secondary N) is 2. The fraction of sp³-hybridized carbons (Fsp3) is 0.464. The zero-order valence-corrected chi connectivity index (χ0v) is 21.0. The Labute approximate surface area is 207 Å². The highest BCUT2D eigenvalue weighted by molar-refractivity contribution is 5.71. The van der Waals surface area contributed by atoms with Crippen LogP contribution < -0.4 is 15.5 Å². The maximum atomic E-state index is 6.30. The highest BCUT2D eigenvalue weighted by Gasteiger charge is 2.55. The molecular formula is C28H34N6O. The van der Waals surface area contributed by atoms with Crippen molar-refractivity contribution in [3.63, 3.8) is 0 Å². The van der Waals surface area contributed by atoms with E-state index in [1.54, 1.807) is 0 Å². The average Bonchev–Trinajstić information content (AvgIpc) is 3.45. The summed E-state index contributed by atoms with van der Waals surface area (Å²) in [5.41, 5.74) is 4.08. The summed E-state index contributed by atoms with van der Waals surface area (Å²) in [4.78, 5) is 17.0. The molecule has 7 heteroatoms. The van der Waals surface area contributed by atoms with E-state index in [0.29, 0.717) is 18.5 Å². The highest BCUT2D eigenvalue weighted by atomic mass is 16.5. The number of pyridine rings is 1. The molecule has 0 bridgehead atoms. The first-order valence-electron chi connectivity index (χ1n) is 12.6. The van der Waals surface area contributed by atoms with Crippen LogP contribution >= 0.6 is 0 Å². The summed E-state index contributed by atoms with van der Waals surface area (Å²) in [6.45, 7) is 11.4. The van der Waals surface area contributed by atoms with Gasteiger partial charge in [0.25, 0.3) is 0 Å². The third-order valence-corrected chi connectivity index (χ3v) is 7.93. The number of ether oxygens (including phenoxy) is 1. The zero-order valence-electron chi connectivity index (χ0n) is 21.0. The SMILES string of the molecule is Cc1cccc(N2c3nc(Nc4ccc([C@H]5CCNC5)cc4)ncc3[C@]3(C)COC(C)(C)C[C@H]23)n1. The topological polar surface area (TPSA) is 75.2 Å². The van der Waals surface area contributed by atoms with Crippen LogP contribution in [0.1, 0.15) is 56.4 Å². The van der Waals surface area contributed by atoms with E-state index in [4.69, 9.17) is 19.7 Å². The molecule has 0 amide bonds. The Hall–Kier alpha value is -3.03. The van der Waals surface area contributed by atoms with E-state index in [1.807, 2.05) is 19.2 Å². The molecule has 6 rings (SSSR count). The molecule has 0 saturated carbocycles.